The minimum atomic E-state index is -0.750. The average Bonchev–Trinajstić information content (AvgIpc) is 2.49. The summed E-state index contributed by atoms with van der Waals surface area (Å²) in [5.41, 5.74) is -0.300. The molecule has 0 N–H and O–H groups in total. The molecule has 1 aliphatic rings. The molecule has 1 aliphatic heterocycles. The van der Waals surface area contributed by atoms with Crippen LogP contribution in [0.2, 0.25) is 0 Å². The van der Waals surface area contributed by atoms with Crippen molar-refractivity contribution in [1.82, 2.24) is 0 Å². The van der Waals surface area contributed by atoms with Crippen LogP contribution in [0.25, 0.3) is 0 Å². The largest absolute Gasteiger partial charge is 0.488 e. The lowest BCUT2D eigenvalue weighted by Gasteiger charge is -2.22. The number of nitrogens with zero attached hydrogens (tertiary/aromatic N) is 1. The molecule has 1 fully saturated rings. The highest BCUT2D eigenvalue weighted by Gasteiger charge is 2.14. The molecular weight excluding hydrogens is 281 g/mol. The van der Waals surface area contributed by atoms with Crippen LogP contribution in [-0.2, 0) is 9.47 Å². The van der Waals surface area contributed by atoms with Crippen LogP contribution in [0.4, 0.5) is 10.1 Å². The molecule has 2 rings (SSSR count). The smallest absolute Gasteiger partial charge is 0.272 e. The Morgan fingerprint density at radius 3 is 2.90 bits per heavy atom. The van der Waals surface area contributed by atoms with E-state index in [0.717, 1.165) is 31.9 Å². The highest BCUT2D eigenvalue weighted by atomic mass is 19.1. The topological polar surface area (TPSA) is 70.8 Å². The van der Waals surface area contributed by atoms with Crippen LogP contribution in [0, 0.1) is 15.9 Å². The fourth-order valence-corrected chi connectivity index (χ4v) is 2.08. The van der Waals surface area contributed by atoms with Gasteiger partial charge in [-0.25, -0.2) is 4.39 Å². The highest BCUT2D eigenvalue weighted by Crippen LogP contribution is 2.22. The second kappa shape index (κ2) is 7.90. The Labute approximate surface area is 122 Å². The number of nitro benzene ring substituents is 1. The molecular formula is C14H18FNO5. The van der Waals surface area contributed by atoms with Gasteiger partial charge in [-0.3, -0.25) is 10.1 Å². The van der Waals surface area contributed by atoms with Crippen molar-refractivity contribution in [1.29, 1.82) is 0 Å². The molecule has 116 valence electrons. The van der Waals surface area contributed by atoms with E-state index in [2.05, 4.69) is 0 Å². The van der Waals surface area contributed by atoms with E-state index in [1.807, 2.05) is 0 Å². The van der Waals surface area contributed by atoms with Gasteiger partial charge in [0.2, 0.25) is 0 Å². The molecule has 1 unspecified atom stereocenters. The summed E-state index contributed by atoms with van der Waals surface area (Å²) in [6.45, 7) is 1.78. The summed E-state index contributed by atoms with van der Waals surface area (Å²) in [5.74, 6) is -0.766. The van der Waals surface area contributed by atoms with Gasteiger partial charge in [0.25, 0.3) is 5.69 Å². The summed E-state index contributed by atoms with van der Waals surface area (Å²) in [6, 6.07) is 3.29. The fraction of sp³-hybridized carbons (Fsp3) is 0.571. The normalized spacial score (nSPS) is 18.4. The summed E-state index contributed by atoms with van der Waals surface area (Å²) < 4.78 is 29.6. The van der Waals surface area contributed by atoms with E-state index >= 15 is 0 Å². The first kappa shape index (κ1) is 15.7. The SMILES string of the molecule is O=[N+]([O-])c1ccc(OCCOCC2CCCCO2)c(F)c1. The van der Waals surface area contributed by atoms with Crippen molar-refractivity contribution in [3.63, 3.8) is 0 Å². The number of hydrogen-bond acceptors (Lipinski definition) is 5. The van der Waals surface area contributed by atoms with Gasteiger partial charge >= 0.3 is 0 Å². The molecule has 0 aliphatic carbocycles. The zero-order valence-electron chi connectivity index (χ0n) is 11.6. The van der Waals surface area contributed by atoms with E-state index < -0.39 is 10.7 Å². The number of rotatable bonds is 7. The molecule has 7 heteroatoms. The van der Waals surface area contributed by atoms with E-state index in [9.17, 15) is 14.5 Å². The Kier molecular flexibility index (Phi) is 5.89. The summed E-state index contributed by atoms with van der Waals surface area (Å²) in [6.07, 6.45) is 3.38. The van der Waals surface area contributed by atoms with Crippen molar-refractivity contribution in [3.8, 4) is 5.75 Å². The van der Waals surface area contributed by atoms with Crippen molar-refractivity contribution >= 4 is 5.69 Å². The van der Waals surface area contributed by atoms with Crippen molar-refractivity contribution in [2.24, 2.45) is 0 Å². The molecule has 1 aromatic carbocycles. The number of benzene rings is 1. The van der Waals surface area contributed by atoms with Gasteiger partial charge in [0.05, 0.1) is 30.3 Å². The number of hydrogen-bond donors (Lipinski definition) is 0. The van der Waals surface area contributed by atoms with Crippen molar-refractivity contribution in [2.75, 3.05) is 26.4 Å². The molecule has 1 saturated heterocycles. The van der Waals surface area contributed by atoms with Gasteiger partial charge in [-0.15, -0.1) is 0 Å². The fourth-order valence-electron chi connectivity index (χ4n) is 2.08. The summed E-state index contributed by atoms with van der Waals surface area (Å²) >= 11 is 0. The monoisotopic (exact) mass is 299 g/mol. The third-order valence-electron chi connectivity index (χ3n) is 3.19. The van der Waals surface area contributed by atoms with Crippen LogP contribution in [0.3, 0.4) is 0 Å². The Morgan fingerprint density at radius 1 is 1.38 bits per heavy atom. The van der Waals surface area contributed by atoms with Gasteiger partial charge in [-0.2, -0.15) is 0 Å². The Hall–Kier alpha value is -1.73. The molecule has 21 heavy (non-hydrogen) atoms. The lowest BCUT2D eigenvalue weighted by Crippen LogP contribution is -2.25. The zero-order valence-corrected chi connectivity index (χ0v) is 11.6. The summed E-state index contributed by atoms with van der Waals surface area (Å²) in [5, 5.41) is 10.5. The molecule has 6 nitrogen and oxygen atoms in total. The zero-order chi connectivity index (χ0) is 15.1. The second-order valence-corrected chi connectivity index (χ2v) is 4.78. The maximum atomic E-state index is 13.5. The molecule has 1 heterocycles. The predicted octanol–water partition coefficient (Wildman–Crippen LogP) is 2.70. The first-order chi connectivity index (χ1) is 10.2. The van der Waals surface area contributed by atoms with Crippen LogP contribution in [0.5, 0.6) is 5.75 Å². The van der Waals surface area contributed by atoms with Crippen LogP contribution in [0.1, 0.15) is 19.3 Å². The second-order valence-electron chi connectivity index (χ2n) is 4.78. The predicted molar refractivity (Wildman–Crippen MR) is 73.0 cm³/mol. The van der Waals surface area contributed by atoms with E-state index in [4.69, 9.17) is 14.2 Å². The number of halogens is 1. The minimum Gasteiger partial charge on any atom is -0.488 e. The maximum Gasteiger partial charge on any atom is 0.272 e. The molecule has 1 aromatic rings. The van der Waals surface area contributed by atoms with Gasteiger partial charge < -0.3 is 14.2 Å². The standard InChI is InChI=1S/C14H18FNO5/c15-13-9-11(16(17)18)4-5-14(13)21-8-7-19-10-12-3-1-2-6-20-12/h4-5,9,12H,1-3,6-8,10H2. The summed E-state index contributed by atoms with van der Waals surface area (Å²) in [4.78, 5) is 9.83. The van der Waals surface area contributed by atoms with Crippen LogP contribution < -0.4 is 4.74 Å². The van der Waals surface area contributed by atoms with Crippen LogP contribution in [-0.4, -0.2) is 37.5 Å². The third kappa shape index (κ3) is 4.95. The van der Waals surface area contributed by atoms with Gasteiger partial charge in [0.15, 0.2) is 11.6 Å². The molecule has 0 radical (unpaired) electrons. The Bertz CT molecular complexity index is 476. The Morgan fingerprint density at radius 2 is 2.24 bits per heavy atom. The van der Waals surface area contributed by atoms with Crippen molar-refractivity contribution in [2.45, 2.75) is 25.4 Å². The molecule has 0 amide bonds. The maximum absolute atomic E-state index is 13.5. The highest BCUT2D eigenvalue weighted by molar-refractivity contribution is 5.37. The lowest BCUT2D eigenvalue weighted by atomic mass is 10.1. The Balaban J connectivity index is 1.67. The molecule has 1 atom stereocenters. The molecule has 0 bridgehead atoms. The van der Waals surface area contributed by atoms with Gasteiger partial charge in [-0.05, 0) is 25.3 Å². The first-order valence-corrected chi connectivity index (χ1v) is 6.93. The van der Waals surface area contributed by atoms with E-state index in [1.165, 1.54) is 12.1 Å². The van der Waals surface area contributed by atoms with E-state index in [-0.39, 0.29) is 24.1 Å². The van der Waals surface area contributed by atoms with Crippen LogP contribution in [0.15, 0.2) is 18.2 Å². The van der Waals surface area contributed by atoms with Crippen molar-refractivity contribution < 1.29 is 23.5 Å². The quantitative estimate of drug-likeness (QED) is 0.440. The average molecular weight is 299 g/mol. The molecule has 0 spiro atoms. The van der Waals surface area contributed by atoms with Crippen molar-refractivity contribution in [3.05, 3.63) is 34.1 Å². The van der Waals surface area contributed by atoms with Gasteiger partial charge in [-0.1, -0.05) is 0 Å². The molecule has 0 aromatic heterocycles. The third-order valence-corrected chi connectivity index (χ3v) is 3.19. The minimum absolute atomic E-state index is 0.0156. The van der Waals surface area contributed by atoms with Gasteiger partial charge in [0.1, 0.15) is 6.61 Å². The van der Waals surface area contributed by atoms with E-state index in [0.29, 0.717) is 13.2 Å². The number of ether oxygens (including phenoxy) is 3. The van der Waals surface area contributed by atoms with E-state index in [1.54, 1.807) is 0 Å². The van der Waals surface area contributed by atoms with Crippen LogP contribution >= 0.6 is 0 Å². The lowest BCUT2D eigenvalue weighted by molar-refractivity contribution is -0.385. The van der Waals surface area contributed by atoms with Gasteiger partial charge in [0, 0.05) is 12.7 Å². The summed E-state index contributed by atoms with van der Waals surface area (Å²) in [7, 11) is 0. The molecule has 0 saturated carbocycles. The first-order valence-electron chi connectivity index (χ1n) is 6.93. The number of non-ortho nitro benzene ring substituents is 1. The number of nitro groups is 1.